The minimum absolute atomic E-state index is 0.00699. The smallest absolute Gasteiger partial charge is 0.123 e. The van der Waals surface area contributed by atoms with Crippen molar-refractivity contribution in [2.45, 2.75) is 51.4 Å². The van der Waals surface area contributed by atoms with Gasteiger partial charge in [0.25, 0.3) is 0 Å². The zero-order chi connectivity index (χ0) is 19.3. The van der Waals surface area contributed by atoms with Crippen molar-refractivity contribution >= 4 is 5.69 Å². The zero-order valence-electron chi connectivity index (χ0n) is 16.0. The van der Waals surface area contributed by atoms with E-state index in [1.807, 2.05) is 30.5 Å². The molecule has 2 aromatic carbocycles. The predicted molar refractivity (Wildman–Crippen MR) is 108 cm³/mol. The third-order valence-electron chi connectivity index (χ3n) is 5.57. The number of anilines is 1. The maximum absolute atomic E-state index is 13.4. The number of hydrogen-bond acceptors (Lipinski definition) is 3. The normalized spacial score (nSPS) is 14.5. The molecule has 0 spiro atoms. The van der Waals surface area contributed by atoms with Crippen molar-refractivity contribution in [2.24, 2.45) is 0 Å². The van der Waals surface area contributed by atoms with Gasteiger partial charge < -0.3 is 10.0 Å². The second-order valence-electron chi connectivity index (χ2n) is 7.53. The van der Waals surface area contributed by atoms with Crippen LogP contribution in [0.3, 0.4) is 0 Å². The lowest BCUT2D eigenvalue weighted by molar-refractivity contribution is 0.280. The van der Waals surface area contributed by atoms with Gasteiger partial charge in [0.1, 0.15) is 5.82 Å². The van der Waals surface area contributed by atoms with Crippen molar-refractivity contribution in [2.75, 3.05) is 4.90 Å². The van der Waals surface area contributed by atoms with Crippen LogP contribution in [-0.4, -0.2) is 14.9 Å². The number of aromatic nitrogens is 2. The fourth-order valence-electron chi connectivity index (χ4n) is 4.01. The Kier molecular flexibility index (Phi) is 5.72. The Hall–Kier alpha value is -2.66. The number of halogens is 1. The van der Waals surface area contributed by atoms with Gasteiger partial charge in [0.2, 0.25) is 0 Å². The second kappa shape index (κ2) is 8.57. The van der Waals surface area contributed by atoms with E-state index in [1.165, 1.54) is 37.8 Å². The maximum atomic E-state index is 13.4. The van der Waals surface area contributed by atoms with Crippen LogP contribution in [0.25, 0.3) is 0 Å². The molecule has 1 aliphatic rings. The van der Waals surface area contributed by atoms with E-state index in [1.54, 1.807) is 12.1 Å². The SMILES string of the molecule is OCc1ccccc1CN(Cc1cnn(C2CCCC2)c1)c1ccc(F)cc1. The highest BCUT2D eigenvalue weighted by Crippen LogP contribution is 2.29. The Balaban J connectivity index is 1.58. The van der Waals surface area contributed by atoms with E-state index in [2.05, 4.69) is 20.9 Å². The van der Waals surface area contributed by atoms with Crippen LogP contribution in [0.2, 0.25) is 0 Å². The van der Waals surface area contributed by atoms with E-state index in [0.717, 1.165) is 22.4 Å². The lowest BCUT2D eigenvalue weighted by Crippen LogP contribution is -2.22. The summed E-state index contributed by atoms with van der Waals surface area (Å²) in [4.78, 5) is 2.20. The van der Waals surface area contributed by atoms with Crippen LogP contribution < -0.4 is 4.90 Å². The Labute approximate surface area is 165 Å². The first-order valence-electron chi connectivity index (χ1n) is 9.94. The van der Waals surface area contributed by atoms with E-state index in [-0.39, 0.29) is 12.4 Å². The summed E-state index contributed by atoms with van der Waals surface area (Å²) in [5, 5.41) is 14.3. The van der Waals surface area contributed by atoms with E-state index in [0.29, 0.717) is 19.1 Å². The molecule has 0 atom stereocenters. The fourth-order valence-corrected chi connectivity index (χ4v) is 4.01. The minimum atomic E-state index is -0.242. The van der Waals surface area contributed by atoms with Gasteiger partial charge >= 0.3 is 0 Å². The first-order valence-corrected chi connectivity index (χ1v) is 9.94. The molecule has 0 bridgehead atoms. The van der Waals surface area contributed by atoms with Gasteiger partial charge in [-0.3, -0.25) is 4.68 Å². The Morgan fingerprint density at radius 3 is 2.43 bits per heavy atom. The molecule has 5 heteroatoms. The van der Waals surface area contributed by atoms with Crippen LogP contribution in [-0.2, 0) is 19.7 Å². The number of aliphatic hydroxyl groups excluding tert-OH is 1. The molecule has 1 saturated carbocycles. The van der Waals surface area contributed by atoms with E-state index in [9.17, 15) is 9.50 Å². The van der Waals surface area contributed by atoms with Crippen LogP contribution in [0.5, 0.6) is 0 Å². The molecular weight excluding hydrogens is 353 g/mol. The van der Waals surface area contributed by atoms with Gasteiger partial charge in [0.15, 0.2) is 0 Å². The van der Waals surface area contributed by atoms with Crippen LogP contribution in [0, 0.1) is 5.82 Å². The Morgan fingerprint density at radius 1 is 1.00 bits per heavy atom. The van der Waals surface area contributed by atoms with Gasteiger partial charge in [0.05, 0.1) is 18.8 Å². The van der Waals surface area contributed by atoms with Crippen molar-refractivity contribution in [3.05, 3.63) is 83.4 Å². The van der Waals surface area contributed by atoms with Gasteiger partial charge in [-0.15, -0.1) is 0 Å². The van der Waals surface area contributed by atoms with Crippen molar-refractivity contribution in [3.63, 3.8) is 0 Å². The molecule has 1 fully saturated rings. The van der Waals surface area contributed by atoms with E-state index >= 15 is 0 Å². The molecule has 0 amide bonds. The molecule has 1 heterocycles. The molecule has 0 radical (unpaired) electrons. The van der Waals surface area contributed by atoms with Gasteiger partial charge in [0, 0.05) is 30.5 Å². The summed E-state index contributed by atoms with van der Waals surface area (Å²) >= 11 is 0. The summed E-state index contributed by atoms with van der Waals surface area (Å²) < 4.78 is 15.5. The van der Waals surface area contributed by atoms with Crippen molar-refractivity contribution in [3.8, 4) is 0 Å². The highest BCUT2D eigenvalue weighted by atomic mass is 19.1. The minimum Gasteiger partial charge on any atom is -0.392 e. The molecule has 146 valence electrons. The van der Waals surface area contributed by atoms with Crippen molar-refractivity contribution in [1.29, 1.82) is 0 Å². The summed E-state index contributed by atoms with van der Waals surface area (Å²) in [6.45, 7) is 1.32. The Morgan fingerprint density at radius 2 is 1.71 bits per heavy atom. The summed E-state index contributed by atoms with van der Waals surface area (Å²) in [5.74, 6) is -0.242. The molecule has 0 unspecified atom stereocenters. The van der Waals surface area contributed by atoms with Gasteiger partial charge in [-0.05, 0) is 48.2 Å². The molecule has 4 rings (SSSR count). The lowest BCUT2D eigenvalue weighted by atomic mass is 10.1. The largest absolute Gasteiger partial charge is 0.392 e. The van der Waals surface area contributed by atoms with Gasteiger partial charge in [-0.25, -0.2) is 4.39 Å². The Bertz CT molecular complexity index is 900. The number of benzene rings is 2. The number of hydrogen-bond donors (Lipinski definition) is 1. The zero-order valence-corrected chi connectivity index (χ0v) is 16.0. The number of nitrogens with zero attached hydrogens (tertiary/aromatic N) is 3. The van der Waals surface area contributed by atoms with E-state index < -0.39 is 0 Å². The quantitative estimate of drug-likeness (QED) is 0.639. The third kappa shape index (κ3) is 4.25. The second-order valence-corrected chi connectivity index (χ2v) is 7.53. The topological polar surface area (TPSA) is 41.3 Å². The van der Waals surface area contributed by atoms with Crippen molar-refractivity contribution in [1.82, 2.24) is 9.78 Å². The van der Waals surface area contributed by atoms with Gasteiger partial charge in [-0.2, -0.15) is 5.10 Å². The first kappa shape index (κ1) is 18.7. The summed E-state index contributed by atoms with van der Waals surface area (Å²) in [6, 6.07) is 15.0. The van der Waals surface area contributed by atoms with Crippen molar-refractivity contribution < 1.29 is 9.50 Å². The highest BCUT2D eigenvalue weighted by molar-refractivity contribution is 5.48. The van der Waals surface area contributed by atoms with Crippen LogP contribution in [0.1, 0.15) is 48.4 Å². The number of rotatable bonds is 7. The maximum Gasteiger partial charge on any atom is 0.123 e. The number of aliphatic hydroxyl groups is 1. The highest BCUT2D eigenvalue weighted by Gasteiger charge is 2.18. The molecule has 0 aliphatic heterocycles. The standard InChI is InChI=1S/C23H26FN3O/c24-21-9-11-22(12-10-21)26(16-19-5-1-2-6-20(19)17-28)14-18-13-25-27(15-18)23-7-3-4-8-23/h1-2,5-6,9-13,15,23,28H,3-4,7-8,14,16-17H2. The summed E-state index contributed by atoms with van der Waals surface area (Å²) in [7, 11) is 0. The van der Waals surface area contributed by atoms with Crippen LogP contribution >= 0.6 is 0 Å². The molecule has 28 heavy (non-hydrogen) atoms. The molecule has 1 aliphatic carbocycles. The molecular formula is C23H26FN3O. The molecule has 1 aromatic heterocycles. The van der Waals surface area contributed by atoms with E-state index in [4.69, 9.17) is 0 Å². The third-order valence-corrected chi connectivity index (χ3v) is 5.57. The fraction of sp³-hybridized carbons (Fsp3) is 0.348. The first-order chi connectivity index (χ1) is 13.7. The summed E-state index contributed by atoms with van der Waals surface area (Å²) in [6.07, 6.45) is 9.04. The molecule has 4 nitrogen and oxygen atoms in total. The molecule has 3 aromatic rings. The summed E-state index contributed by atoms with van der Waals surface area (Å²) in [5.41, 5.74) is 4.06. The average molecular weight is 379 g/mol. The van der Waals surface area contributed by atoms with Crippen LogP contribution in [0.15, 0.2) is 60.9 Å². The van der Waals surface area contributed by atoms with Crippen LogP contribution in [0.4, 0.5) is 10.1 Å². The molecule has 1 N–H and O–H groups in total. The lowest BCUT2D eigenvalue weighted by Gasteiger charge is -2.25. The predicted octanol–water partition coefficient (Wildman–Crippen LogP) is 4.84. The monoisotopic (exact) mass is 379 g/mol. The average Bonchev–Trinajstić information content (AvgIpc) is 3.40. The molecule has 0 saturated heterocycles. The van der Waals surface area contributed by atoms with Gasteiger partial charge in [-0.1, -0.05) is 37.1 Å².